The third kappa shape index (κ3) is 7.03. The van der Waals surface area contributed by atoms with Crippen LogP contribution in [0.15, 0.2) is 94.2 Å². The molecule has 1 aromatic heterocycles. The lowest BCUT2D eigenvalue weighted by Crippen LogP contribution is -2.42. The molecule has 16 nitrogen and oxygen atoms in total. The van der Waals surface area contributed by atoms with E-state index in [4.69, 9.17) is 32.1 Å². The molecule has 5 rings (SSSR count). The Balaban J connectivity index is 1.28. The van der Waals surface area contributed by atoms with E-state index in [1.54, 1.807) is 30.3 Å². The van der Waals surface area contributed by atoms with Gasteiger partial charge in [0.05, 0.1) is 28.9 Å². The summed E-state index contributed by atoms with van der Waals surface area (Å²) in [6.45, 7) is 0.0213. The molecule has 1 saturated heterocycles. The lowest BCUT2D eigenvalue weighted by atomic mass is 10.1. The number of carbonyl (C=O) groups excluding carboxylic acids is 3. The molecule has 1 amide bonds. The van der Waals surface area contributed by atoms with Gasteiger partial charge in [0.15, 0.2) is 0 Å². The topological polar surface area (TPSA) is 247 Å². The van der Waals surface area contributed by atoms with Crippen LogP contribution in [0.25, 0.3) is 10.9 Å². The van der Waals surface area contributed by atoms with Crippen LogP contribution in [0, 0.1) is 0 Å². The van der Waals surface area contributed by atoms with Gasteiger partial charge < -0.3 is 35.9 Å². The molecule has 0 spiro atoms. The minimum atomic E-state index is -1.08. The quantitative estimate of drug-likeness (QED) is 0.0419. The van der Waals surface area contributed by atoms with Crippen molar-refractivity contribution in [3.05, 3.63) is 95.7 Å². The van der Waals surface area contributed by atoms with Crippen LogP contribution in [0.5, 0.6) is 11.5 Å². The number of fused-ring (bicyclic) bond motifs is 1. The van der Waals surface area contributed by atoms with Gasteiger partial charge in [-0.15, -0.1) is 0 Å². The Labute approximate surface area is 260 Å². The first-order valence-corrected chi connectivity index (χ1v) is 13.5. The Kier molecular flexibility index (Phi) is 9.09. The van der Waals surface area contributed by atoms with Crippen LogP contribution in [0.2, 0.25) is 0 Å². The monoisotopic (exact) mass is 626 g/mol. The van der Waals surface area contributed by atoms with Gasteiger partial charge in [0.1, 0.15) is 29.3 Å². The molecule has 0 radical (unpaired) electrons. The average molecular weight is 627 g/mol. The second-order valence-electron chi connectivity index (χ2n) is 9.89. The van der Waals surface area contributed by atoms with E-state index in [0.29, 0.717) is 22.3 Å². The smallest absolute Gasteiger partial charge is 0.347 e. The summed E-state index contributed by atoms with van der Waals surface area (Å²) in [4.78, 5) is 63.9. The van der Waals surface area contributed by atoms with Crippen LogP contribution < -0.4 is 26.9 Å². The molecule has 46 heavy (non-hydrogen) atoms. The van der Waals surface area contributed by atoms with Crippen molar-refractivity contribution < 1.29 is 38.6 Å². The normalized spacial score (nSPS) is 16.4. The molecule has 1 aliphatic rings. The molecule has 0 unspecified atom stereocenters. The lowest BCUT2D eigenvalue weighted by Gasteiger charge is -2.21. The Morgan fingerprint density at radius 3 is 2.28 bits per heavy atom. The van der Waals surface area contributed by atoms with Crippen LogP contribution in [0.1, 0.15) is 37.6 Å². The second kappa shape index (κ2) is 13.5. The minimum absolute atomic E-state index is 0.0213. The number of carbonyl (C=O) groups is 4. The van der Waals surface area contributed by atoms with E-state index in [9.17, 15) is 19.2 Å². The molecule has 3 aromatic carbocycles. The van der Waals surface area contributed by atoms with Gasteiger partial charge in [-0.3, -0.25) is 4.79 Å². The number of carboxylic acid groups (broad SMARTS) is 1. The van der Waals surface area contributed by atoms with Crippen molar-refractivity contribution in [2.45, 2.75) is 18.6 Å². The Morgan fingerprint density at radius 2 is 1.61 bits per heavy atom. The SMILES string of the molecule is NN=NC(N)=Nc1ccc(C(=O)Oc2ccc3nc(C(=O)N4C[C@@H](Oc5ccc(C(=O)O)cc5)C[C@H]4C(=O)ON)ccc3c2)cc1. The number of hydrogen-bond donors (Lipinski definition) is 4. The van der Waals surface area contributed by atoms with Gasteiger partial charge in [0.25, 0.3) is 5.91 Å². The second-order valence-corrected chi connectivity index (χ2v) is 9.89. The molecule has 7 N–H and O–H groups in total. The first kappa shape index (κ1) is 31.0. The molecule has 16 heteroatoms. The number of esters is 1. The van der Waals surface area contributed by atoms with E-state index in [2.05, 4.69) is 25.2 Å². The zero-order chi connectivity index (χ0) is 32.8. The average Bonchev–Trinajstić information content (AvgIpc) is 3.48. The third-order valence-corrected chi connectivity index (χ3v) is 6.91. The summed E-state index contributed by atoms with van der Waals surface area (Å²) < 4.78 is 11.4. The van der Waals surface area contributed by atoms with Crippen molar-refractivity contribution in [3.8, 4) is 11.5 Å². The van der Waals surface area contributed by atoms with Crippen LogP contribution in [0.3, 0.4) is 0 Å². The lowest BCUT2D eigenvalue weighted by molar-refractivity contribution is -0.148. The van der Waals surface area contributed by atoms with E-state index in [1.807, 2.05) is 0 Å². The number of amides is 1. The molecular formula is C30H26N8O8. The molecule has 234 valence electrons. The number of aromatic nitrogens is 1. The van der Waals surface area contributed by atoms with Crippen molar-refractivity contribution >= 4 is 46.4 Å². The van der Waals surface area contributed by atoms with Crippen LogP contribution in [-0.4, -0.2) is 63.5 Å². The fourth-order valence-corrected chi connectivity index (χ4v) is 4.76. The van der Waals surface area contributed by atoms with Gasteiger partial charge in [0.2, 0.25) is 5.96 Å². The largest absolute Gasteiger partial charge is 0.488 e. The van der Waals surface area contributed by atoms with Gasteiger partial charge in [0, 0.05) is 11.8 Å². The zero-order valence-electron chi connectivity index (χ0n) is 23.8. The molecule has 1 aliphatic heterocycles. The number of aromatic carboxylic acids is 1. The molecule has 0 bridgehead atoms. The molecule has 0 saturated carbocycles. The van der Waals surface area contributed by atoms with E-state index >= 15 is 0 Å². The third-order valence-electron chi connectivity index (χ3n) is 6.91. The number of ether oxygens (including phenoxy) is 2. The van der Waals surface area contributed by atoms with Crippen LogP contribution >= 0.6 is 0 Å². The number of aliphatic imine (C=N–C) groups is 1. The minimum Gasteiger partial charge on any atom is -0.488 e. The van der Waals surface area contributed by atoms with E-state index in [0.717, 1.165) is 0 Å². The number of hydrogen-bond acceptors (Lipinski definition) is 11. The summed E-state index contributed by atoms with van der Waals surface area (Å²) in [7, 11) is 0. The highest BCUT2D eigenvalue weighted by Gasteiger charge is 2.42. The highest BCUT2D eigenvalue weighted by molar-refractivity contribution is 5.98. The predicted molar refractivity (Wildman–Crippen MR) is 161 cm³/mol. The van der Waals surface area contributed by atoms with Crippen molar-refractivity contribution in [3.63, 3.8) is 0 Å². The van der Waals surface area contributed by atoms with Gasteiger partial charge >= 0.3 is 17.9 Å². The number of nitrogens with two attached hydrogens (primary N) is 3. The standard InChI is InChI=1S/C30H26N8O8/c31-30(36-37-32)34-19-6-1-17(2-7-19)28(42)45-21-10-12-23-18(13-21)5-11-24(35-23)26(39)38-15-22(14-25(38)29(43)46-33)44-20-8-3-16(4-9-20)27(40)41/h1-13,22,25H,14-15,33H2,(H,40,41)(H4,31,32,34,36)/t22-,25-/m0/s1. The zero-order valence-corrected chi connectivity index (χ0v) is 23.8. The predicted octanol–water partition coefficient (Wildman–Crippen LogP) is 2.50. The molecule has 0 aliphatic carbocycles. The van der Waals surface area contributed by atoms with Crippen LogP contribution in [0.4, 0.5) is 5.69 Å². The number of nitrogens with zero attached hydrogens (tertiary/aromatic N) is 5. The molecule has 1 fully saturated rings. The summed E-state index contributed by atoms with van der Waals surface area (Å²) in [5.74, 6) is 7.46. The highest BCUT2D eigenvalue weighted by atomic mass is 16.7. The summed E-state index contributed by atoms with van der Waals surface area (Å²) >= 11 is 0. The maximum Gasteiger partial charge on any atom is 0.347 e. The van der Waals surface area contributed by atoms with Gasteiger partial charge in [-0.2, -0.15) is 5.90 Å². The van der Waals surface area contributed by atoms with Crippen molar-refractivity contribution in [2.24, 2.45) is 32.8 Å². The Morgan fingerprint density at radius 1 is 0.913 bits per heavy atom. The fraction of sp³-hybridized carbons (Fsp3) is 0.133. The summed E-state index contributed by atoms with van der Waals surface area (Å²) in [5, 5.41) is 16.1. The van der Waals surface area contributed by atoms with Crippen molar-refractivity contribution in [1.82, 2.24) is 9.88 Å². The number of likely N-dealkylation sites (tertiary alicyclic amines) is 1. The highest BCUT2D eigenvalue weighted by Crippen LogP contribution is 2.27. The first-order valence-electron chi connectivity index (χ1n) is 13.5. The van der Waals surface area contributed by atoms with E-state index < -0.39 is 36.0 Å². The number of pyridine rings is 1. The van der Waals surface area contributed by atoms with Gasteiger partial charge in [-0.25, -0.2) is 24.4 Å². The molecule has 2 heterocycles. The van der Waals surface area contributed by atoms with Crippen molar-refractivity contribution in [1.29, 1.82) is 0 Å². The molecule has 4 aromatic rings. The number of benzene rings is 3. The van der Waals surface area contributed by atoms with E-state index in [1.165, 1.54) is 53.4 Å². The maximum atomic E-state index is 13.5. The first-order chi connectivity index (χ1) is 22.1. The Hall–Kier alpha value is -6.42. The maximum absolute atomic E-state index is 13.5. The van der Waals surface area contributed by atoms with E-state index in [-0.39, 0.29) is 41.5 Å². The fourth-order valence-electron chi connectivity index (χ4n) is 4.76. The number of rotatable bonds is 8. The number of carboxylic acids is 1. The summed E-state index contributed by atoms with van der Waals surface area (Å²) in [6.07, 6.45) is -0.513. The number of guanidine groups is 1. The van der Waals surface area contributed by atoms with Gasteiger partial charge in [-0.1, -0.05) is 16.4 Å². The summed E-state index contributed by atoms with van der Waals surface area (Å²) in [6, 6.07) is 18.6. The van der Waals surface area contributed by atoms with Crippen LogP contribution in [-0.2, 0) is 9.63 Å². The Bertz CT molecular complexity index is 1860. The van der Waals surface area contributed by atoms with Crippen molar-refractivity contribution in [2.75, 3.05) is 6.54 Å². The van der Waals surface area contributed by atoms with Gasteiger partial charge in [-0.05, 0) is 72.8 Å². The molecule has 2 atom stereocenters. The summed E-state index contributed by atoms with van der Waals surface area (Å²) in [5.41, 5.74) is 6.79. The molecular weight excluding hydrogens is 600 g/mol.